The molecule has 0 spiro atoms. The van der Waals surface area contributed by atoms with Crippen LogP contribution < -0.4 is 0 Å². The zero-order chi connectivity index (χ0) is 12.1. The number of ether oxygens (including phenoxy) is 1. The first-order valence-electron chi connectivity index (χ1n) is 6.26. The van der Waals surface area contributed by atoms with Gasteiger partial charge in [-0.1, -0.05) is 28.1 Å². The summed E-state index contributed by atoms with van der Waals surface area (Å²) >= 11 is 3.49. The average Bonchev–Trinajstić information content (AvgIpc) is 2.37. The highest BCUT2D eigenvalue weighted by Crippen LogP contribution is 2.27. The Balaban J connectivity index is 1.94. The van der Waals surface area contributed by atoms with Crippen molar-refractivity contribution < 1.29 is 4.74 Å². The van der Waals surface area contributed by atoms with Crippen molar-refractivity contribution in [2.45, 2.75) is 18.8 Å². The second-order valence-corrected chi connectivity index (χ2v) is 5.60. The molecule has 17 heavy (non-hydrogen) atoms. The summed E-state index contributed by atoms with van der Waals surface area (Å²) in [5.41, 5.74) is 1.47. The van der Waals surface area contributed by atoms with Crippen LogP contribution >= 0.6 is 15.9 Å². The minimum atomic E-state index is 0.689. The van der Waals surface area contributed by atoms with E-state index in [1.807, 2.05) is 0 Å². The van der Waals surface area contributed by atoms with E-state index in [1.165, 1.54) is 31.5 Å². The summed E-state index contributed by atoms with van der Waals surface area (Å²) < 4.78 is 6.31. The second-order valence-electron chi connectivity index (χ2n) is 4.68. The topological polar surface area (TPSA) is 12.5 Å². The van der Waals surface area contributed by atoms with Gasteiger partial charge in [-0.05, 0) is 43.0 Å². The van der Waals surface area contributed by atoms with Gasteiger partial charge in [0, 0.05) is 24.7 Å². The molecule has 1 unspecified atom stereocenters. The van der Waals surface area contributed by atoms with Crippen LogP contribution in [0.1, 0.15) is 24.3 Å². The number of piperidine rings is 1. The van der Waals surface area contributed by atoms with Gasteiger partial charge < -0.3 is 9.64 Å². The van der Waals surface area contributed by atoms with E-state index in [0.717, 1.165) is 17.6 Å². The van der Waals surface area contributed by atoms with Crippen LogP contribution in [0.4, 0.5) is 0 Å². The maximum atomic E-state index is 5.15. The van der Waals surface area contributed by atoms with Gasteiger partial charge in [0.15, 0.2) is 0 Å². The molecule has 1 aromatic carbocycles. The summed E-state index contributed by atoms with van der Waals surface area (Å²) in [6, 6.07) is 8.77. The van der Waals surface area contributed by atoms with E-state index in [1.54, 1.807) is 7.11 Å². The molecule has 3 heteroatoms. The third kappa shape index (κ3) is 3.80. The maximum Gasteiger partial charge on any atom is 0.0589 e. The third-order valence-corrected chi connectivity index (χ3v) is 3.99. The fraction of sp³-hybridized carbons (Fsp3) is 0.571. The Kier molecular flexibility index (Phi) is 5.01. The van der Waals surface area contributed by atoms with Crippen molar-refractivity contribution in [3.8, 4) is 0 Å². The predicted octanol–water partition coefficient (Wildman–Crippen LogP) is 3.27. The van der Waals surface area contributed by atoms with Gasteiger partial charge in [-0.25, -0.2) is 0 Å². The monoisotopic (exact) mass is 297 g/mol. The zero-order valence-electron chi connectivity index (χ0n) is 10.4. The first-order chi connectivity index (χ1) is 8.29. The molecule has 0 bridgehead atoms. The highest BCUT2D eigenvalue weighted by Gasteiger charge is 2.20. The lowest BCUT2D eigenvalue weighted by molar-refractivity contribution is 0.128. The smallest absolute Gasteiger partial charge is 0.0589 e. The van der Waals surface area contributed by atoms with Crippen molar-refractivity contribution in [3.63, 3.8) is 0 Å². The van der Waals surface area contributed by atoms with Crippen LogP contribution in [-0.2, 0) is 4.74 Å². The molecule has 0 aliphatic carbocycles. The van der Waals surface area contributed by atoms with Gasteiger partial charge in [-0.15, -0.1) is 0 Å². The molecule has 1 aliphatic heterocycles. The number of hydrogen-bond acceptors (Lipinski definition) is 2. The lowest BCUT2D eigenvalue weighted by atomic mass is 9.91. The molecule has 1 heterocycles. The molecule has 0 saturated carbocycles. The van der Waals surface area contributed by atoms with Gasteiger partial charge >= 0.3 is 0 Å². The van der Waals surface area contributed by atoms with Gasteiger partial charge in [-0.2, -0.15) is 0 Å². The van der Waals surface area contributed by atoms with E-state index in [4.69, 9.17) is 4.74 Å². The van der Waals surface area contributed by atoms with Gasteiger partial charge in [0.1, 0.15) is 0 Å². The Bertz CT molecular complexity index is 339. The van der Waals surface area contributed by atoms with Crippen molar-refractivity contribution >= 4 is 15.9 Å². The SMILES string of the molecule is COCCN1CCCC(c2ccc(Br)cc2)C1. The lowest BCUT2D eigenvalue weighted by Crippen LogP contribution is -2.36. The fourth-order valence-electron chi connectivity index (χ4n) is 2.49. The van der Waals surface area contributed by atoms with Crippen LogP contribution in [0.25, 0.3) is 0 Å². The highest BCUT2D eigenvalue weighted by atomic mass is 79.9. The Morgan fingerprint density at radius 1 is 1.35 bits per heavy atom. The molecule has 1 fully saturated rings. The zero-order valence-corrected chi connectivity index (χ0v) is 11.9. The van der Waals surface area contributed by atoms with E-state index < -0.39 is 0 Å². The first-order valence-corrected chi connectivity index (χ1v) is 7.05. The molecule has 1 aliphatic rings. The quantitative estimate of drug-likeness (QED) is 0.846. The molecule has 94 valence electrons. The van der Waals surface area contributed by atoms with E-state index in [9.17, 15) is 0 Å². The van der Waals surface area contributed by atoms with E-state index in [0.29, 0.717) is 5.92 Å². The molecule has 2 nitrogen and oxygen atoms in total. The maximum absolute atomic E-state index is 5.15. The van der Waals surface area contributed by atoms with E-state index in [2.05, 4.69) is 45.1 Å². The molecule has 1 saturated heterocycles. The molecule has 0 radical (unpaired) electrons. The van der Waals surface area contributed by atoms with Gasteiger partial charge in [0.25, 0.3) is 0 Å². The van der Waals surface area contributed by atoms with Crippen molar-refractivity contribution in [3.05, 3.63) is 34.3 Å². The number of methoxy groups -OCH3 is 1. The largest absolute Gasteiger partial charge is 0.383 e. The number of rotatable bonds is 4. The van der Waals surface area contributed by atoms with Crippen molar-refractivity contribution in [1.82, 2.24) is 4.90 Å². The summed E-state index contributed by atoms with van der Waals surface area (Å²) in [5, 5.41) is 0. The fourth-order valence-corrected chi connectivity index (χ4v) is 2.75. The Morgan fingerprint density at radius 2 is 2.12 bits per heavy atom. The van der Waals surface area contributed by atoms with Crippen molar-refractivity contribution in [2.75, 3.05) is 33.4 Å². The molecular formula is C14H20BrNO. The highest BCUT2D eigenvalue weighted by molar-refractivity contribution is 9.10. The molecule has 2 rings (SSSR count). The summed E-state index contributed by atoms with van der Waals surface area (Å²) in [6.45, 7) is 4.29. The normalized spacial score (nSPS) is 21.6. The average molecular weight is 298 g/mol. The van der Waals surface area contributed by atoms with Crippen LogP contribution in [0.3, 0.4) is 0 Å². The van der Waals surface area contributed by atoms with Crippen LogP contribution in [0, 0.1) is 0 Å². The molecule has 0 aromatic heterocycles. The van der Waals surface area contributed by atoms with Crippen LogP contribution in [0.2, 0.25) is 0 Å². The minimum absolute atomic E-state index is 0.689. The Labute approximate surface area is 112 Å². The summed E-state index contributed by atoms with van der Waals surface area (Å²) in [7, 11) is 1.77. The molecule has 1 atom stereocenters. The number of hydrogen-bond donors (Lipinski definition) is 0. The van der Waals surface area contributed by atoms with Crippen molar-refractivity contribution in [2.24, 2.45) is 0 Å². The summed E-state index contributed by atoms with van der Waals surface area (Å²) in [4.78, 5) is 2.51. The van der Waals surface area contributed by atoms with E-state index >= 15 is 0 Å². The van der Waals surface area contributed by atoms with Crippen LogP contribution in [-0.4, -0.2) is 38.3 Å². The third-order valence-electron chi connectivity index (χ3n) is 3.46. The standard InChI is InChI=1S/C14H20BrNO/c1-17-10-9-16-8-2-3-13(11-16)12-4-6-14(15)7-5-12/h4-7,13H,2-3,8-11H2,1H3. The number of benzene rings is 1. The van der Waals surface area contributed by atoms with Crippen LogP contribution in [0.5, 0.6) is 0 Å². The molecular weight excluding hydrogens is 278 g/mol. The number of likely N-dealkylation sites (tertiary alicyclic amines) is 1. The molecule has 1 aromatic rings. The van der Waals surface area contributed by atoms with Crippen molar-refractivity contribution in [1.29, 1.82) is 0 Å². The number of nitrogens with zero attached hydrogens (tertiary/aromatic N) is 1. The lowest BCUT2D eigenvalue weighted by Gasteiger charge is -2.32. The predicted molar refractivity (Wildman–Crippen MR) is 74.4 cm³/mol. The Hall–Kier alpha value is -0.380. The minimum Gasteiger partial charge on any atom is -0.383 e. The second kappa shape index (κ2) is 6.53. The van der Waals surface area contributed by atoms with Gasteiger partial charge in [-0.3, -0.25) is 0 Å². The number of halogens is 1. The summed E-state index contributed by atoms with van der Waals surface area (Å²) in [5.74, 6) is 0.689. The molecule has 0 N–H and O–H groups in total. The van der Waals surface area contributed by atoms with Crippen LogP contribution in [0.15, 0.2) is 28.7 Å². The summed E-state index contributed by atoms with van der Waals surface area (Å²) in [6.07, 6.45) is 2.61. The van der Waals surface area contributed by atoms with Gasteiger partial charge in [0.2, 0.25) is 0 Å². The van der Waals surface area contributed by atoms with E-state index in [-0.39, 0.29) is 0 Å². The Morgan fingerprint density at radius 3 is 2.82 bits per heavy atom. The molecule has 0 amide bonds. The van der Waals surface area contributed by atoms with Gasteiger partial charge in [0.05, 0.1) is 6.61 Å². The first kappa shape index (κ1) is 13.1.